The molecule has 0 bridgehead atoms. The number of nitrogens with zero attached hydrogens (tertiary/aromatic N) is 1. The number of fused-ring (bicyclic) bond motifs is 1. The van der Waals surface area contributed by atoms with Gasteiger partial charge in [0, 0.05) is 18.7 Å². The molecule has 0 atom stereocenters. The highest BCUT2D eigenvalue weighted by Gasteiger charge is 2.28. The number of hydrogen-bond donors (Lipinski definition) is 2. The molecule has 0 unspecified atom stereocenters. The Labute approximate surface area is 144 Å². The zero-order chi connectivity index (χ0) is 17.8. The van der Waals surface area contributed by atoms with Gasteiger partial charge >= 0.3 is 6.03 Å². The maximum absolute atomic E-state index is 12.3. The lowest BCUT2D eigenvalue weighted by Crippen LogP contribution is -2.39. The van der Waals surface area contributed by atoms with Gasteiger partial charge in [-0.25, -0.2) is 4.79 Å². The van der Waals surface area contributed by atoms with Crippen molar-refractivity contribution in [3.63, 3.8) is 0 Å². The van der Waals surface area contributed by atoms with Crippen LogP contribution in [-0.4, -0.2) is 55.6 Å². The maximum atomic E-state index is 12.3. The monoisotopic (exact) mass is 345 g/mol. The highest BCUT2D eigenvalue weighted by Crippen LogP contribution is 2.35. The van der Waals surface area contributed by atoms with E-state index in [1.54, 1.807) is 6.08 Å². The van der Waals surface area contributed by atoms with Crippen molar-refractivity contribution in [1.29, 1.82) is 0 Å². The summed E-state index contributed by atoms with van der Waals surface area (Å²) in [5.41, 5.74) is 1.25. The largest absolute Gasteiger partial charge is 0.490 e. The molecule has 0 radical (unpaired) electrons. The summed E-state index contributed by atoms with van der Waals surface area (Å²) < 4.78 is 11.2. The number of hydrogen-bond acceptors (Lipinski definition) is 5. The molecule has 1 aromatic rings. The van der Waals surface area contributed by atoms with E-state index in [1.807, 2.05) is 25.1 Å². The summed E-state index contributed by atoms with van der Waals surface area (Å²) in [6, 6.07) is 5.07. The number of benzene rings is 1. The van der Waals surface area contributed by atoms with Crippen LogP contribution in [0.1, 0.15) is 12.5 Å². The minimum Gasteiger partial charge on any atom is -0.490 e. The third-order valence-corrected chi connectivity index (χ3v) is 3.86. The second-order valence-corrected chi connectivity index (χ2v) is 5.53. The van der Waals surface area contributed by atoms with E-state index < -0.39 is 6.03 Å². The van der Waals surface area contributed by atoms with Crippen molar-refractivity contribution in [3.05, 3.63) is 29.3 Å². The fourth-order valence-electron chi connectivity index (χ4n) is 2.66. The third-order valence-electron chi connectivity index (χ3n) is 3.86. The van der Waals surface area contributed by atoms with Gasteiger partial charge < -0.3 is 20.1 Å². The minimum atomic E-state index is -0.433. The van der Waals surface area contributed by atoms with Crippen LogP contribution in [0.4, 0.5) is 4.79 Å². The SMILES string of the molecule is CCOc1cccc2c1OCC(C(=O)NCCN1C(=O)CNC1=O)=C2. The van der Waals surface area contributed by atoms with Crippen LogP contribution in [0, 0.1) is 0 Å². The summed E-state index contributed by atoms with van der Waals surface area (Å²) in [4.78, 5) is 36.2. The second kappa shape index (κ2) is 7.25. The molecule has 1 saturated heterocycles. The molecule has 2 aliphatic rings. The lowest BCUT2D eigenvalue weighted by Gasteiger charge is -2.20. The number of rotatable bonds is 6. The number of nitrogens with one attached hydrogen (secondary N) is 2. The molecule has 25 heavy (non-hydrogen) atoms. The first-order valence-electron chi connectivity index (χ1n) is 8.05. The van der Waals surface area contributed by atoms with Gasteiger partial charge in [-0.15, -0.1) is 0 Å². The number of ether oxygens (including phenoxy) is 2. The zero-order valence-corrected chi connectivity index (χ0v) is 13.8. The van der Waals surface area contributed by atoms with Crippen molar-refractivity contribution in [2.24, 2.45) is 0 Å². The van der Waals surface area contributed by atoms with Crippen molar-refractivity contribution >= 4 is 23.9 Å². The van der Waals surface area contributed by atoms with E-state index in [2.05, 4.69) is 10.6 Å². The Morgan fingerprint density at radius 3 is 2.96 bits per heavy atom. The molecule has 2 aliphatic heterocycles. The number of carbonyl (C=O) groups is 3. The Morgan fingerprint density at radius 1 is 1.40 bits per heavy atom. The van der Waals surface area contributed by atoms with Crippen LogP contribution >= 0.6 is 0 Å². The molecule has 1 aromatic carbocycles. The van der Waals surface area contributed by atoms with Gasteiger partial charge in [-0.05, 0) is 19.1 Å². The Balaban J connectivity index is 1.60. The minimum absolute atomic E-state index is 0.00468. The maximum Gasteiger partial charge on any atom is 0.324 e. The van der Waals surface area contributed by atoms with Gasteiger partial charge in [-0.1, -0.05) is 12.1 Å². The Bertz CT molecular complexity index is 728. The molecule has 2 N–H and O–H groups in total. The molecule has 2 heterocycles. The average Bonchev–Trinajstić information content (AvgIpc) is 2.93. The van der Waals surface area contributed by atoms with Gasteiger partial charge in [-0.3, -0.25) is 14.5 Å². The predicted molar refractivity (Wildman–Crippen MR) is 89.2 cm³/mol. The zero-order valence-electron chi connectivity index (χ0n) is 13.8. The van der Waals surface area contributed by atoms with E-state index in [9.17, 15) is 14.4 Å². The topological polar surface area (TPSA) is 97.0 Å². The summed E-state index contributed by atoms with van der Waals surface area (Å²) in [5.74, 6) is 0.686. The quantitative estimate of drug-likeness (QED) is 0.733. The van der Waals surface area contributed by atoms with Crippen molar-refractivity contribution in [3.8, 4) is 11.5 Å². The number of carbonyl (C=O) groups excluding carboxylic acids is 3. The Kier molecular flexibility index (Phi) is 4.87. The molecule has 0 aromatic heterocycles. The first-order chi connectivity index (χ1) is 12.1. The van der Waals surface area contributed by atoms with Gasteiger partial charge in [0.1, 0.15) is 6.61 Å². The molecular formula is C17H19N3O5. The highest BCUT2D eigenvalue weighted by molar-refractivity contribution is 6.02. The molecule has 4 amide bonds. The molecule has 0 spiro atoms. The fraction of sp³-hybridized carbons (Fsp3) is 0.353. The molecule has 132 valence electrons. The normalized spacial score (nSPS) is 15.9. The Hall–Kier alpha value is -3.03. The van der Waals surface area contributed by atoms with E-state index in [0.717, 1.165) is 10.5 Å². The lowest BCUT2D eigenvalue weighted by molar-refractivity contribution is -0.125. The summed E-state index contributed by atoms with van der Waals surface area (Å²) in [5, 5.41) is 5.13. The first-order valence-corrected chi connectivity index (χ1v) is 8.05. The molecular weight excluding hydrogens is 326 g/mol. The average molecular weight is 345 g/mol. The van der Waals surface area contributed by atoms with Crippen LogP contribution in [0.5, 0.6) is 11.5 Å². The number of para-hydroxylation sites is 1. The second-order valence-electron chi connectivity index (χ2n) is 5.53. The van der Waals surface area contributed by atoms with Crippen molar-refractivity contribution in [2.75, 3.05) is 32.8 Å². The van der Waals surface area contributed by atoms with Crippen molar-refractivity contribution < 1.29 is 23.9 Å². The highest BCUT2D eigenvalue weighted by atomic mass is 16.5. The van der Waals surface area contributed by atoms with Crippen LogP contribution < -0.4 is 20.1 Å². The van der Waals surface area contributed by atoms with Crippen LogP contribution in [-0.2, 0) is 9.59 Å². The molecule has 0 saturated carbocycles. The van der Waals surface area contributed by atoms with E-state index >= 15 is 0 Å². The smallest absolute Gasteiger partial charge is 0.324 e. The van der Waals surface area contributed by atoms with E-state index in [0.29, 0.717) is 23.7 Å². The van der Waals surface area contributed by atoms with Crippen LogP contribution in [0.15, 0.2) is 23.8 Å². The van der Waals surface area contributed by atoms with Gasteiger partial charge in [0.2, 0.25) is 5.91 Å². The van der Waals surface area contributed by atoms with Gasteiger partial charge in [0.05, 0.1) is 18.7 Å². The summed E-state index contributed by atoms with van der Waals surface area (Å²) in [6.45, 7) is 2.87. The van der Waals surface area contributed by atoms with Crippen molar-refractivity contribution in [2.45, 2.75) is 6.92 Å². The van der Waals surface area contributed by atoms with E-state index in [1.165, 1.54) is 0 Å². The third kappa shape index (κ3) is 3.57. The summed E-state index contributed by atoms with van der Waals surface area (Å²) >= 11 is 0. The van der Waals surface area contributed by atoms with Crippen LogP contribution in [0.2, 0.25) is 0 Å². The number of urea groups is 1. The van der Waals surface area contributed by atoms with E-state index in [4.69, 9.17) is 9.47 Å². The molecule has 3 rings (SSSR count). The van der Waals surface area contributed by atoms with Crippen LogP contribution in [0.3, 0.4) is 0 Å². The van der Waals surface area contributed by atoms with Gasteiger partial charge in [0.15, 0.2) is 11.5 Å². The number of imide groups is 1. The van der Waals surface area contributed by atoms with E-state index in [-0.39, 0.29) is 38.1 Å². The van der Waals surface area contributed by atoms with Gasteiger partial charge in [-0.2, -0.15) is 0 Å². The molecule has 8 nitrogen and oxygen atoms in total. The first kappa shape index (κ1) is 16.8. The van der Waals surface area contributed by atoms with Gasteiger partial charge in [0.25, 0.3) is 5.91 Å². The summed E-state index contributed by atoms with van der Waals surface area (Å²) in [7, 11) is 0. The van der Waals surface area contributed by atoms with Crippen molar-refractivity contribution in [1.82, 2.24) is 15.5 Å². The molecule has 1 fully saturated rings. The Morgan fingerprint density at radius 2 is 2.24 bits per heavy atom. The summed E-state index contributed by atoms with van der Waals surface area (Å²) in [6.07, 6.45) is 1.75. The molecule has 0 aliphatic carbocycles. The lowest BCUT2D eigenvalue weighted by atomic mass is 10.1. The van der Waals surface area contributed by atoms with Crippen LogP contribution in [0.25, 0.3) is 6.08 Å². The standard InChI is InChI=1S/C17H19N3O5/c1-2-24-13-5-3-4-11-8-12(10-25-15(11)13)16(22)18-6-7-20-14(21)9-19-17(20)23/h3-5,8H,2,6-7,9-10H2,1H3,(H,18,22)(H,19,23). The predicted octanol–water partition coefficient (Wildman–Crippen LogP) is 0.529. The fourth-order valence-corrected chi connectivity index (χ4v) is 2.66. The molecule has 8 heteroatoms. The number of amides is 4.